The van der Waals surface area contributed by atoms with Crippen molar-refractivity contribution in [3.8, 4) is 0 Å². The molecule has 0 aliphatic heterocycles. The molecule has 1 amide bonds. The molecule has 0 fully saturated rings. The number of nitrogen functional groups attached to an aromatic ring is 1. The fourth-order valence-electron chi connectivity index (χ4n) is 1.83. The van der Waals surface area contributed by atoms with Crippen molar-refractivity contribution < 1.29 is 4.79 Å². The van der Waals surface area contributed by atoms with Crippen LogP contribution in [-0.4, -0.2) is 15.7 Å². The SMILES string of the molecule is Cc1nn(C)c(NC(=O)Cc2cccc(Br)c2)c1N. The van der Waals surface area contributed by atoms with E-state index in [1.165, 1.54) is 0 Å². The molecular weight excluding hydrogens is 308 g/mol. The second kappa shape index (κ2) is 5.44. The number of halogens is 1. The lowest BCUT2D eigenvalue weighted by Crippen LogP contribution is -2.17. The zero-order valence-corrected chi connectivity index (χ0v) is 12.4. The number of benzene rings is 1. The van der Waals surface area contributed by atoms with Crippen molar-refractivity contribution in [2.45, 2.75) is 13.3 Å². The molecule has 5 nitrogen and oxygen atoms in total. The van der Waals surface area contributed by atoms with Gasteiger partial charge in [0.1, 0.15) is 0 Å². The molecule has 0 spiro atoms. The Hall–Kier alpha value is -1.82. The standard InChI is InChI=1S/C13H15BrN4O/c1-8-12(15)13(18(2)17-8)16-11(19)7-9-4-3-5-10(14)6-9/h3-6H,7,15H2,1-2H3,(H,16,19). The number of hydrogen-bond donors (Lipinski definition) is 2. The van der Waals surface area contributed by atoms with E-state index < -0.39 is 0 Å². The third-order valence-corrected chi connectivity index (χ3v) is 3.27. The molecule has 6 heteroatoms. The highest BCUT2D eigenvalue weighted by Crippen LogP contribution is 2.21. The largest absolute Gasteiger partial charge is 0.394 e. The average molecular weight is 323 g/mol. The summed E-state index contributed by atoms with van der Waals surface area (Å²) in [5.74, 6) is 0.422. The Morgan fingerprint density at radius 3 is 2.84 bits per heavy atom. The van der Waals surface area contributed by atoms with Crippen LogP contribution >= 0.6 is 15.9 Å². The molecule has 2 aromatic rings. The summed E-state index contributed by atoms with van der Waals surface area (Å²) in [4.78, 5) is 12.0. The van der Waals surface area contributed by atoms with Gasteiger partial charge in [-0.2, -0.15) is 5.10 Å². The van der Waals surface area contributed by atoms with Gasteiger partial charge in [0, 0.05) is 11.5 Å². The zero-order chi connectivity index (χ0) is 14.0. The molecule has 1 aromatic carbocycles. The van der Waals surface area contributed by atoms with Gasteiger partial charge in [-0.3, -0.25) is 9.48 Å². The Balaban J connectivity index is 2.09. The number of nitrogens with one attached hydrogen (secondary N) is 1. The minimum Gasteiger partial charge on any atom is -0.394 e. The van der Waals surface area contributed by atoms with Gasteiger partial charge in [-0.15, -0.1) is 0 Å². The van der Waals surface area contributed by atoms with Crippen molar-refractivity contribution >= 4 is 33.3 Å². The monoisotopic (exact) mass is 322 g/mol. The smallest absolute Gasteiger partial charge is 0.229 e. The summed E-state index contributed by atoms with van der Waals surface area (Å²) < 4.78 is 2.53. The summed E-state index contributed by atoms with van der Waals surface area (Å²) in [6, 6.07) is 7.64. The minimum absolute atomic E-state index is 0.118. The van der Waals surface area contributed by atoms with E-state index in [-0.39, 0.29) is 5.91 Å². The van der Waals surface area contributed by atoms with Crippen LogP contribution < -0.4 is 11.1 Å². The van der Waals surface area contributed by atoms with Gasteiger partial charge in [0.2, 0.25) is 5.91 Å². The van der Waals surface area contributed by atoms with Gasteiger partial charge in [-0.05, 0) is 24.6 Å². The summed E-state index contributed by atoms with van der Waals surface area (Å²) >= 11 is 3.38. The Bertz CT molecular complexity index is 621. The van der Waals surface area contributed by atoms with E-state index in [1.54, 1.807) is 18.7 Å². The molecule has 19 heavy (non-hydrogen) atoms. The number of aromatic nitrogens is 2. The third kappa shape index (κ3) is 3.14. The van der Waals surface area contributed by atoms with Crippen LogP contribution in [0.5, 0.6) is 0 Å². The number of anilines is 2. The zero-order valence-electron chi connectivity index (χ0n) is 10.8. The van der Waals surface area contributed by atoms with Crippen LogP contribution in [0.2, 0.25) is 0 Å². The topological polar surface area (TPSA) is 72.9 Å². The molecule has 0 unspecified atom stereocenters. The second-order valence-corrected chi connectivity index (χ2v) is 5.24. The number of carbonyl (C=O) groups excluding carboxylic acids is 1. The van der Waals surface area contributed by atoms with Crippen LogP contribution in [0.4, 0.5) is 11.5 Å². The lowest BCUT2D eigenvalue weighted by atomic mass is 10.1. The molecule has 0 radical (unpaired) electrons. The van der Waals surface area contributed by atoms with E-state index >= 15 is 0 Å². The first-order valence-electron chi connectivity index (χ1n) is 5.80. The van der Waals surface area contributed by atoms with E-state index in [0.29, 0.717) is 23.6 Å². The Morgan fingerprint density at radius 2 is 2.26 bits per heavy atom. The Labute approximate surface area is 119 Å². The fraction of sp³-hybridized carbons (Fsp3) is 0.231. The number of amides is 1. The summed E-state index contributed by atoms with van der Waals surface area (Å²) in [5, 5.41) is 6.94. The predicted molar refractivity (Wildman–Crippen MR) is 78.8 cm³/mol. The highest BCUT2D eigenvalue weighted by atomic mass is 79.9. The summed E-state index contributed by atoms with van der Waals surface area (Å²) in [7, 11) is 1.75. The van der Waals surface area contributed by atoms with Crippen molar-refractivity contribution in [3.05, 3.63) is 40.0 Å². The van der Waals surface area contributed by atoms with E-state index in [2.05, 4.69) is 26.3 Å². The van der Waals surface area contributed by atoms with Crippen LogP contribution in [0.15, 0.2) is 28.7 Å². The highest BCUT2D eigenvalue weighted by molar-refractivity contribution is 9.10. The molecule has 3 N–H and O–H groups in total. The molecule has 1 heterocycles. The van der Waals surface area contributed by atoms with E-state index in [4.69, 9.17) is 5.73 Å². The quantitative estimate of drug-likeness (QED) is 0.910. The lowest BCUT2D eigenvalue weighted by molar-refractivity contribution is -0.115. The molecule has 0 atom stereocenters. The Kier molecular flexibility index (Phi) is 3.90. The molecule has 2 rings (SSSR count). The molecular formula is C13H15BrN4O. The van der Waals surface area contributed by atoms with Crippen LogP contribution in [0.25, 0.3) is 0 Å². The van der Waals surface area contributed by atoms with Crippen LogP contribution in [0.3, 0.4) is 0 Å². The highest BCUT2D eigenvalue weighted by Gasteiger charge is 2.13. The Morgan fingerprint density at radius 1 is 1.53 bits per heavy atom. The van der Waals surface area contributed by atoms with Gasteiger partial charge in [0.05, 0.1) is 17.8 Å². The number of aryl methyl sites for hydroxylation is 2. The number of nitrogens with two attached hydrogens (primary N) is 1. The van der Waals surface area contributed by atoms with Gasteiger partial charge < -0.3 is 11.1 Å². The maximum Gasteiger partial charge on any atom is 0.229 e. The first-order valence-corrected chi connectivity index (χ1v) is 6.60. The summed E-state index contributed by atoms with van der Waals surface area (Å²) in [5.41, 5.74) is 8.01. The van der Waals surface area contributed by atoms with Gasteiger partial charge >= 0.3 is 0 Å². The van der Waals surface area contributed by atoms with Gasteiger partial charge in [0.25, 0.3) is 0 Å². The predicted octanol–water partition coefficient (Wildman–Crippen LogP) is 2.25. The number of rotatable bonds is 3. The molecule has 0 aliphatic carbocycles. The van der Waals surface area contributed by atoms with Crippen molar-refractivity contribution in [1.29, 1.82) is 0 Å². The molecule has 0 aliphatic rings. The average Bonchev–Trinajstić information content (AvgIpc) is 2.56. The van der Waals surface area contributed by atoms with Crippen LogP contribution in [0, 0.1) is 6.92 Å². The van der Waals surface area contributed by atoms with Crippen molar-refractivity contribution in [2.75, 3.05) is 11.1 Å². The van der Waals surface area contributed by atoms with Gasteiger partial charge in [-0.1, -0.05) is 28.1 Å². The molecule has 100 valence electrons. The number of carbonyl (C=O) groups is 1. The molecule has 0 saturated carbocycles. The summed E-state index contributed by atoms with van der Waals surface area (Å²) in [6.45, 7) is 1.80. The van der Waals surface area contributed by atoms with Crippen molar-refractivity contribution in [3.63, 3.8) is 0 Å². The minimum atomic E-state index is -0.118. The first-order chi connectivity index (χ1) is 8.97. The molecule has 0 saturated heterocycles. The van der Waals surface area contributed by atoms with Crippen molar-refractivity contribution in [2.24, 2.45) is 7.05 Å². The number of nitrogens with zero attached hydrogens (tertiary/aromatic N) is 2. The number of hydrogen-bond acceptors (Lipinski definition) is 3. The van der Waals surface area contributed by atoms with E-state index in [9.17, 15) is 4.79 Å². The van der Waals surface area contributed by atoms with E-state index in [0.717, 1.165) is 10.0 Å². The molecule has 0 bridgehead atoms. The van der Waals surface area contributed by atoms with E-state index in [1.807, 2.05) is 24.3 Å². The first kappa shape index (κ1) is 13.6. The van der Waals surface area contributed by atoms with Gasteiger partial charge in [0.15, 0.2) is 5.82 Å². The summed E-state index contributed by atoms with van der Waals surface area (Å²) in [6.07, 6.45) is 0.295. The van der Waals surface area contributed by atoms with Crippen LogP contribution in [-0.2, 0) is 18.3 Å². The van der Waals surface area contributed by atoms with Gasteiger partial charge in [-0.25, -0.2) is 0 Å². The fourth-order valence-corrected chi connectivity index (χ4v) is 2.28. The lowest BCUT2D eigenvalue weighted by Gasteiger charge is -2.07. The van der Waals surface area contributed by atoms with Crippen molar-refractivity contribution in [1.82, 2.24) is 9.78 Å². The van der Waals surface area contributed by atoms with Crippen LogP contribution in [0.1, 0.15) is 11.3 Å². The second-order valence-electron chi connectivity index (χ2n) is 4.33. The maximum absolute atomic E-state index is 12.0. The third-order valence-electron chi connectivity index (χ3n) is 2.78. The normalized spacial score (nSPS) is 10.5. The maximum atomic E-state index is 12.0. The molecule has 1 aromatic heterocycles.